The number of ether oxygens (including phenoxy) is 2. The fourth-order valence-corrected chi connectivity index (χ4v) is 4.17. The van der Waals surface area contributed by atoms with Crippen molar-refractivity contribution in [1.82, 2.24) is 15.4 Å². The van der Waals surface area contributed by atoms with Crippen LogP contribution in [0.5, 0.6) is 5.75 Å². The Bertz CT molecular complexity index is 1640. The zero-order chi connectivity index (χ0) is 27.9. The number of rotatable bonds is 11. The Morgan fingerprint density at radius 1 is 1.02 bits per heavy atom. The number of nitrogens with one attached hydrogen (secondary N) is 2. The van der Waals surface area contributed by atoms with E-state index in [1.165, 1.54) is 18.5 Å². The first-order valence-corrected chi connectivity index (χ1v) is 12.6. The summed E-state index contributed by atoms with van der Waals surface area (Å²) in [6.07, 6.45) is 1.52. The average Bonchev–Trinajstić information content (AvgIpc) is 3.44. The van der Waals surface area contributed by atoms with Gasteiger partial charge in [-0.15, -0.1) is 0 Å². The van der Waals surface area contributed by atoms with Gasteiger partial charge in [-0.25, -0.2) is 19.8 Å². The van der Waals surface area contributed by atoms with Gasteiger partial charge in [0.2, 0.25) is 5.91 Å². The van der Waals surface area contributed by atoms with Crippen molar-refractivity contribution in [2.75, 3.05) is 11.9 Å². The minimum Gasteiger partial charge on any atom is -0.487 e. The molecule has 0 aliphatic rings. The molecule has 2 heterocycles. The van der Waals surface area contributed by atoms with Crippen LogP contribution in [0, 0.1) is 5.82 Å². The first-order valence-electron chi connectivity index (χ1n) is 12.3. The zero-order valence-corrected chi connectivity index (χ0v) is 21.8. The summed E-state index contributed by atoms with van der Waals surface area (Å²) in [5.41, 5.74) is 4.51. The van der Waals surface area contributed by atoms with Gasteiger partial charge < -0.3 is 19.2 Å². The fourth-order valence-electron chi connectivity index (χ4n) is 3.93. The molecule has 0 aliphatic carbocycles. The molecule has 0 radical (unpaired) electrons. The summed E-state index contributed by atoms with van der Waals surface area (Å²) in [7, 11) is 0. The lowest BCUT2D eigenvalue weighted by Crippen LogP contribution is -2.19. The molecular weight excluding hydrogens is 539 g/mol. The summed E-state index contributed by atoms with van der Waals surface area (Å²) < 4.78 is 30.5. The van der Waals surface area contributed by atoms with Gasteiger partial charge in [0.05, 0.1) is 23.6 Å². The van der Waals surface area contributed by atoms with E-state index >= 15 is 0 Å². The van der Waals surface area contributed by atoms with E-state index in [-0.39, 0.29) is 32.1 Å². The van der Waals surface area contributed by atoms with E-state index in [0.29, 0.717) is 39.4 Å². The molecule has 0 aliphatic heterocycles. The van der Waals surface area contributed by atoms with Gasteiger partial charge in [-0.3, -0.25) is 10.0 Å². The van der Waals surface area contributed by atoms with Gasteiger partial charge in [-0.2, -0.15) is 0 Å². The molecular formula is C29H24ClFN4O5. The highest BCUT2D eigenvalue weighted by atomic mass is 35.5. The number of hydrogen-bond acceptors (Lipinski definition) is 8. The van der Waals surface area contributed by atoms with Crippen molar-refractivity contribution in [1.29, 1.82) is 0 Å². The molecule has 0 unspecified atom stereocenters. The number of benzene rings is 3. The van der Waals surface area contributed by atoms with Crippen LogP contribution in [0.15, 0.2) is 83.5 Å². The molecule has 9 nitrogen and oxygen atoms in total. The molecule has 0 bridgehead atoms. The number of halogens is 2. The molecule has 2 aromatic heterocycles. The van der Waals surface area contributed by atoms with Crippen LogP contribution >= 0.6 is 11.6 Å². The Balaban J connectivity index is 1.28. The lowest BCUT2D eigenvalue weighted by atomic mass is 10.1. The number of fused-ring (bicyclic) bond motifs is 1. The second-order valence-corrected chi connectivity index (χ2v) is 9.15. The van der Waals surface area contributed by atoms with Crippen LogP contribution in [0.3, 0.4) is 0 Å². The molecule has 204 valence electrons. The van der Waals surface area contributed by atoms with E-state index < -0.39 is 5.91 Å². The lowest BCUT2D eigenvalue weighted by Gasteiger charge is -2.12. The van der Waals surface area contributed by atoms with Gasteiger partial charge in [0.15, 0.2) is 0 Å². The Kier molecular flexibility index (Phi) is 8.50. The quantitative estimate of drug-likeness (QED) is 0.0959. The number of carbonyl (C=O) groups is 1. The van der Waals surface area contributed by atoms with E-state index in [2.05, 4.69) is 15.3 Å². The number of aromatic nitrogens is 2. The highest BCUT2D eigenvalue weighted by molar-refractivity contribution is 6.32. The molecule has 3 N–H and O–H groups in total. The van der Waals surface area contributed by atoms with Crippen molar-refractivity contribution in [3.8, 4) is 17.1 Å². The summed E-state index contributed by atoms with van der Waals surface area (Å²) in [6, 6.07) is 20.8. The minimum absolute atomic E-state index is 0.0421. The predicted octanol–water partition coefficient (Wildman–Crippen LogP) is 6.42. The molecule has 5 aromatic rings. The summed E-state index contributed by atoms with van der Waals surface area (Å²) >= 11 is 6.46. The normalized spacial score (nSPS) is 11.0. The maximum absolute atomic E-state index is 13.4. The van der Waals surface area contributed by atoms with Gasteiger partial charge in [0.25, 0.3) is 0 Å². The smallest absolute Gasteiger partial charge is 0.245 e. The minimum atomic E-state index is -0.518. The van der Waals surface area contributed by atoms with Crippen molar-refractivity contribution < 1.29 is 28.3 Å². The maximum atomic E-state index is 13.4. The Morgan fingerprint density at radius 2 is 1.93 bits per heavy atom. The van der Waals surface area contributed by atoms with E-state index in [0.717, 1.165) is 16.5 Å². The van der Waals surface area contributed by atoms with Gasteiger partial charge in [-0.1, -0.05) is 23.7 Å². The van der Waals surface area contributed by atoms with Crippen LogP contribution in [0.25, 0.3) is 22.2 Å². The number of amides is 1. The van der Waals surface area contributed by atoms with Gasteiger partial charge >= 0.3 is 0 Å². The third-order valence-corrected chi connectivity index (χ3v) is 6.20. The van der Waals surface area contributed by atoms with Crippen molar-refractivity contribution in [3.63, 3.8) is 0 Å². The summed E-state index contributed by atoms with van der Waals surface area (Å²) in [5, 5.41) is 13.0. The summed E-state index contributed by atoms with van der Waals surface area (Å²) in [6.45, 7) is 0.519. The van der Waals surface area contributed by atoms with Crippen LogP contribution in [-0.4, -0.2) is 27.7 Å². The van der Waals surface area contributed by atoms with Crippen LogP contribution in [0.2, 0.25) is 5.02 Å². The first-order chi connectivity index (χ1) is 19.5. The third-order valence-electron chi connectivity index (χ3n) is 5.90. The van der Waals surface area contributed by atoms with Crippen LogP contribution in [-0.2, 0) is 22.7 Å². The fraction of sp³-hybridized carbons (Fsp3) is 0.138. The highest BCUT2D eigenvalue weighted by Crippen LogP contribution is 2.33. The van der Waals surface area contributed by atoms with E-state index in [1.807, 2.05) is 30.3 Å². The molecule has 40 heavy (non-hydrogen) atoms. The standard InChI is InChI=1S/C29H24ClFN4O5/c30-24-14-21(5-8-27(24)39-15-18-2-1-3-20(31)12-18)34-29-23-13-19(4-7-25(23)32-17-33-29)26-9-6-22(40-26)16-38-11-10-28(36)35-37/h1-9,12-14,17,37H,10-11,15-16H2,(H,35,36)(H,32,33,34). The Labute approximate surface area is 233 Å². The maximum Gasteiger partial charge on any atom is 0.245 e. The lowest BCUT2D eigenvalue weighted by molar-refractivity contribution is -0.130. The predicted molar refractivity (Wildman–Crippen MR) is 147 cm³/mol. The number of hydroxylamine groups is 1. The Morgan fingerprint density at radius 3 is 2.75 bits per heavy atom. The Hall–Kier alpha value is -4.51. The van der Waals surface area contributed by atoms with Crippen LogP contribution in [0.4, 0.5) is 15.9 Å². The number of nitrogens with zero attached hydrogens (tertiary/aromatic N) is 2. The highest BCUT2D eigenvalue weighted by Gasteiger charge is 2.11. The average molecular weight is 563 g/mol. The third kappa shape index (κ3) is 6.73. The van der Waals surface area contributed by atoms with Crippen molar-refractivity contribution in [2.45, 2.75) is 19.6 Å². The molecule has 0 spiro atoms. The van der Waals surface area contributed by atoms with Crippen molar-refractivity contribution in [3.05, 3.63) is 101 Å². The molecule has 5 rings (SSSR count). The first kappa shape index (κ1) is 27.1. The molecule has 3 aromatic carbocycles. The molecule has 0 fully saturated rings. The monoisotopic (exact) mass is 562 g/mol. The molecule has 0 saturated heterocycles. The van der Waals surface area contributed by atoms with E-state index in [4.69, 9.17) is 30.7 Å². The van der Waals surface area contributed by atoms with Gasteiger partial charge in [-0.05, 0) is 66.2 Å². The van der Waals surface area contributed by atoms with Crippen LogP contribution < -0.4 is 15.5 Å². The van der Waals surface area contributed by atoms with E-state index in [9.17, 15) is 9.18 Å². The van der Waals surface area contributed by atoms with Crippen LogP contribution in [0.1, 0.15) is 17.7 Å². The molecule has 0 atom stereocenters. The number of anilines is 2. The topological polar surface area (TPSA) is 119 Å². The summed E-state index contributed by atoms with van der Waals surface area (Å²) in [5.74, 6) is 1.43. The number of furan rings is 1. The van der Waals surface area contributed by atoms with Crippen molar-refractivity contribution in [2.24, 2.45) is 0 Å². The second-order valence-electron chi connectivity index (χ2n) is 8.75. The molecule has 1 amide bonds. The molecule has 11 heteroatoms. The summed E-state index contributed by atoms with van der Waals surface area (Å²) in [4.78, 5) is 19.9. The number of hydrogen-bond donors (Lipinski definition) is 3. The number of carbonyl (C=O) groups excluding carboxylic acids is 1. The van der Waals surface area contributed by atoms with E-state index in [1.54, 1.807) is 35.8 Å². The van der Waals surface area contributed by atoms with Gasteiger partial charge in [0.1, 0.15) is 48.4 Å². The SMILES string of the molecule is O=C(CCOCc1ccc(-c2ccc3ncnc(Nc4ccc(OCc5cccc(F)c5)c(Cl)c4)c3c2)o1)NO. The molecule has 0 saturated carbocycles. The van der Waals surface area contributed by atoms with Crippen molar-refractivity contribution >= 4 is 39.9 Å². The second kappa shape index (κ2) is 12.6. The largest absolute Gasteiger partial charge is 0.487 e. The van der Waals surface area contributed by atoms with Gasteiger partial charge in [0, 0.05) is 16.6 Å². The zero-order valence-electron chi connectivity index (χ0n) is 21.1.